The minimum atomic E-state index is 0.100. The second-order valence-corrected chi connectivity index (χ2v) is 5.58. The fraction of sp³-hybridized carbons (Fsp3) is 0.381. The maximum absolute atomic E-state index is 12.6. The second-order valence-electron chi connectivity index (χ2n) is 5.58. The Morgan fingerprint density at radius 3 is 2.33 bits per heavy atom. The number of hydrogen-bond acceptors (Lipinski definition) is 3. The number of aryl methyl sites for hydroxylation is 2. The summed E-state index contributed by atoms with van der Waals surface area (Å²) in [5.41, 5.74) is 3.01. The van der Waals surface area contributed by atoms with Crippen molar-refractivity contribution in [2.75, 3.05) is 13.2 Å². The van der Waals surface area contributed by atoms with E-state index in [-0.39, 0.29) is 5.78 Å². The van der Waals surface area contributed by atoms with Crippen LogP contribution in [0, 0.1) is 0 Å². The molecule has 0 radical (unpaired) electrons. The molecule has 0 aromatic heterocycles. The van der Waals surface area contributed by atoms with Crippen LogP contribution in [0.4, 0.5) is 0 Å². The maximum atomic E-state index is 12.6. The lowest BCUT2D eigenvalue weighted by molar-refractivity contribution is 0.0979. The van der Waals surface area contributed by atoms with E-state index in [2.05, 4.69) is 19.1 Å². The molecule has 0 unspecified atom stereocenters. The van der Waals surface area contributed by atoms with Crippen molar-refractivity contribution in [1.29, 1.82) is 0 Å². The summed E-state index contributed by atoms with van der Waals surface area (Å²) in [4.78, 5) is 12.6. The summed E-state index contributed by atoms with van der Waals surface area (Å²) in [6, 6.07) is 13.7. The van der Waals surface area contributed by atoms with Gasteiger partial charge in [0.05, 0.1) is 18.8 Å². The van der Waals surface area contributed by atoms with E-state index in [1.165, 1.54) is 5.56 Å². The third kappa shape index (κ3) is 4.60. The van der Waals surface area contributed by atoms with Crippen LogP contribution in [-0.4, -0.2) is 19.0 Å². The molecule has 0 heterocycles. The van der Waals surface area contributed by atoms with Crippen LogP contribution in [0.25, 0.3) is 0 Å². The molecule has 2 aromatic carbocycles. The van der Waals surface area contributed by atoms with Crippen molar-refractivity contribution < 1.29 is 14.3 Å². The first-order valence-electron chi connectivity index (χ1n) is 8.69. The highest BCUT2D eigenvalue weighted by Gasteiger charge is 2.13. The highest BCUT2D eigenvalue weighted by molar-refractivity contribution is 5.98. The molecule has 3 heteroatoms. The second kappa shape index (κ2) is 9.11. The van der Waals surface area contributed by atoms with Crippen molar-refractivity contribution in [3.8, 4) is 11.5 Å². The number of rotatable bonds is 9. The van der Waals surface area contributed by atoms with Crippen LogP contribution in [0.5, 0.6) is 11.5 Å². The molecule has 0 aliphatic heterocycles. The molecule has 0 N–H and O–H groups in total. The van der Waals surface area contributed by atoms with Gasteiger partial charge in [-0.15, -0.1) is 0 Å². The van der Waals surface area contributed by atoms with Crippen LogP contribution < -0.4 is 9.47 Å². The highest BCUT2D eigenvalue weighted by Crippen LogP contribution is 2.25. The fourth-order valence-corrected chi connectivity index (χ4v) is 2.71. The molecule has 3 nitrogen and oxygen atoms in total. The Hall–Kier alpha value is -2.29. The molecule has 0 aliphatic carbocycles. The number of para-hydroxylation sites is 1. The van der Waals surface area contributed by atoms with E-state index in [1.807, 2.05) is 44.2 Å². The Labute approximate surface area is 144 Å². The largest absolute Gasteiger partial charge is 0.494 e. The lowest BCUT2D eigenvalue weighted by Crippen LogP contribution is -2.06. The van der Waals surface area contributed by atoms with Crippen molar-refractivity contribution >= 4 is 5.78 Å². The van der Waals surface area contributed by atoms with Crippen molar-refractivity contribution in [1.82, 2.24) is 0 Å². The number of ether oxygens (including phenoxy) is 2. The fourth-order valence-electron chi connectivity index (χ4n) is 2.71. The van der Waals surface area contributed by atoms with Gasteiger partial charge in [0.1, 0.15) is 11.5 Å². The van der Waals surface area contributed by atoms with Gasteiger partial charge in [-0.3, -0.25) is 4.79 Å². The monoisotopic (exact) mass is 326 g/mol. The summed E-state index contributed by atoms with van der Waals surface area (Å²) in [6.07, 6.45) is 2.08. The van der Waals surface area contributed by atoms with Gasteiger partial charge in [0.2, 0.25) is 0 Å². The predicted molar refractivity (Wildman–Crippen MR) is 97.3 cm³/mol. The highest BCUT2D eigenvalue weighted by atomic mass is 16.5. The molecule has 2 rings (SSSR count). The number of ketones is 1. The number of benzene rings is 2. The molecule has 0 amide bonds. The molecule has 0 aliphatic rings. The van der Waals surface area contributed by atoms with Crippen molar-refractivity contribution in [2.24, 2.45) is 0 Å². The first kappa shape index (κ1) is 18.1. The van der Waals surface area contributed by atoms with Gasteiger partial charge < -0.3 is 9.47 Å². The van der Waals surface area contributed by atoms with Gasteiger partial charge in [-0.1, -0.05) is 31.2 Å². The number of carbonyl (C=O) groups excluding carboxylic acids is 1. The molecular formula is C21H26O3. The van der Waals surface area contributed by atoms with Gasteiger partial charge in [0.15, 0.2) is 5.78 Å². The van der Waals surface area contributed by atoms with E-state index in [4.69, 9.17) is 9.47 Å². The lowest BCUT2D eigenvalue weighted by Gasteiger charge is -2.12. The van der Waals surface area contributed by atoms with Crippen molar-refractivity contribution in [2.45, 2.75) is 40.0 Å². The SMILES string of the molecule is CCOc1ccc(CC)cc1CCC(=O)c1ccccc1OCC. The normalized spacial score (nSPS) is 10.5. The van der Waals surface area contributed by atoms with E-state index in [9.17, 15) is 4.79 Å². The van der Waals surface area contributed by atoms with Crippen LogP contribution in [0.2, 0.25) is 0 Å². The number of Topliss-reactive ketones (excluding diaryl/α,β-unsaturated/α-hetero) is 1. The minimum absolute atomic E-state index is 0.100. The summed E-state index contributed by atoms with van der Waals surface area (Å²) in [5.74, 6) is 1.64. The van der Waals surface area contributed by atoms with Crippen LogP contribution >= 0.6 is 0 Å². The Kier molecular flexibility index (Phi) is 6.86. The number of carbonyl (C=O) groups is 1. The molecule has 24 heavy (non-hydrogen) atoms. The summed E-state index contributed by atoms with van der Waals surface area (Å²) in [7, 11) is 0. The summed E-state index contributed by atoms with van der Waals surface area (Å²) in [6.45, 7) is 7.20. The average molecular weight is 326 g/mol. The van der Waals surface area contributed by atoms with E-state index < -0.39 is 0 Å². The van der Waals surface area contributed by atoms with Gasteiger partial charge in [0.25, 0.3) is 0 Å². The van der Waals surface area contributed by atoms with Gasteiger partial charge in [-0.05, 0) is 56.0 Å². The Balaban J connectivity index is 2.14. The van der Waals surface area contributed by atoms with Crippen molar-refractivity contribution in [3.63, 3.8) is 0 Å². The summed E-state index contributed by atoms with van der Waals surface area (Å²) >= 11 is 0. The number of hydrogen-bond donors (Lipinski definition) is 0. The molecule has 2 aromatic rings. The van der Waals surface area contributed by atoms with Crippen LogP contribution in [-0.2, 0) is 12.8 Å². The lowest BCUT2D eigenvalue weighted by atomic mass is 9.99. The van der Waals surface area contributed by atoms with Crippen LogP contribution in [0.15, 0.2) is 42.5 Å². The smallest absolute Gasteiger partial charge is 0.166 e. The molecule has 0 atom stereocenters. The minimum Gasteiger partial charge on any atom is -0.494 e. The van der Waals surface area contributed by atoms with E-state index in [0.29, 0.717) is 37.4 Å². The molecule has 128 valence electrons. The zero-order valence-corrected chi connectivity index (χ0v) is 14.8. The molecule has 0 saturated carbocycles. The molecule has 0 bridgehead atoms. The van der Waals surface area contributed by atoms with Gasteiger partial charge >= 0.3 is 0 Å². The third-order valence-corrected chi connectivity index (χ3v) is 3.94. The molecule has 0 spiro atoms. The van der Waals surface area contributed by atoms with E-state index in [1.54, 1.807) is 0 Å². The first-order valence-corrected chi connectivity index (χ1v) is 8.69. The predicted octanol–water partition coefficient (Wildman–Crippen LogP) is 4.86. The standard InChI is InChI=1S/C21H26O3/c1-4-16-11-14-20(23-5-2)17(15-16)12-13-19(22)18-9-7-8-10-21(18)24-6-3/h7-11,14-15H,4-6,12-13H2,1-3H3. The molecule has 0 fully saturated rings. The van der Waals surface area contributed by atoms with Gasteiger partial charge in [-0.2, -0.15) is 0 Å². The summed E-state index contributed by atoms with van der Waals surface area (Å²) in [5, 5.41) is 0. The van der Waals surface area contributed by atoms with Crippen LogP contribution in [0.3, 0.4) is 0 Å². The summed E-state index contributed by atoms with van der Waals surface area (Å²) < 4.78 is 11.3. The topological polar surface area (TPSA) is 35.5 Å². The van der Waals surface area contributed by atoms with Crippen LogP contribution in [0.1, 0.15) is 48.7 Å². The average Bonchev–Trinajstić information content (AvgIpc) is 2.61. The molecular weight excluding hydrogens is 300 g/mol. The van der Waals surface area contributed by atoms with E-state index >= 15 is 0 Å². The quantitative estimate of drug-likeness (QED) is 0.617. The maximum Gasteiger partial charge on any atom is 0.166 e. The van der Waals surface area contributed by atoms with Gasteiger partial charge in [-0.25, -0.2) is 0 Å². The zero-order valence-electron chi connectivity index (χ0n) is 14.8. The van der Waals surface area contributed by atoms with Crippen molar-refractivity contribution in [3.05, 3.63) is 59.2 Å². The third-order valence-electron chi connectivity index (χ3n) is 3.94. The molecule has 0 saturated heterocycles. The van der Waals surface area contributed by atoms with Gasteiger partial charge in [0, 0.05) is 6.42 Å². The Morgan fingerprint density at radius 2 is 1.62 bits per heavy atom. The Bertz CT molecular complexity index is 677. The first-order chi connectivity index (χ1) is 11.7. The zero-order chi connectivity index (χ0) is 17.4. The van der Waals surface area contributed by atoms with E-state index in [0.717, 1.165) is 17.7 Å². The Morgan fingerprint density at radius 1 is 0.917 bits per heavy atom.